The van der Waals surface area contributed by atoms with Crippen LogP contribution in [0.15, 0.2) is 0 Å². The molecule has 5 heteroatoms. The maximum atomic E-state index is 8.46. The molecule has 0 saturated heterocycles. The molecule has 4 nitrogen and oxygen atoms in total. The predicted molar refractivity (Wildman–Crippen MR) is 38.1 cm³/mol. The molecule has 0 heterocycles. The summed E-state index contributed by atoms with van der Waals surface area (Å²) in [5.74, 6) is 0. The maximum absolute atomic E-state index is 8.46. The molecule has 58 valence electrons. The Hall–Kier alpha value is 0.270. The van der Waals surface area contributed by atoms with Crippen molar-refractivity contribution in [2.75, 3.05) is 6.16 Å². The fraction of sp³-hybridized carbons (Fsp3) is 1.00. The summed E-state index contributed by atoms with van der Waals surface area (Å²) in [5.41, 5.74) is 5.29. The minimum absolute atomic E-state index is 0.0324. The van der Waals surface area contributed by atoms with Crippen LogP contribution in [0.4, 0.5) is 0 Å². The molecule has 0 aromatic carbocycles. The van der Waals surface area contributed by atoms with Gasteiger partial charge in [0.2, 0.25) is 0 Å². The molecule has 0 aliphatic carbocycles. The van der Waals surface area contributed by atoms with E-state index >= 15 is 0 Å². The summed E-state index contributed by atoms with van der Waals surface area (Å²) in [5, 5.41) is 0. The van der Waals surface area contributed by atoms with E-state index in [-0.39, 0.29) is 12.2 Å². The second-order valence-corrected chi connectivity index (χ2v) is 4.34. The molecule has 0 aromatic rings. The zero-order valence-corrected chi connectivity index (χ0v) is 6.41. The van der Waals surface area contributed by atoms with Crippen molar-refractivity contribution in [2.45, 2.75) is 19.4 Å². The molecule has 0 amide bonds. The van der Waals surface area contributed by atoms with Crippen LogP contribution in [0.3, 0.4) is 0 Å². The van der Waals surface area contributed by atoms with Crippen LogP contribution in [0.1, 0.15) is 13.3 Å². The molecular formula is C4H14NO3P. The normalized spacial score (nSPS) is 17.4. The van der Waals surface area contributed by atoms with Crippen molar-refractivity contribution >= 4 is 7.94 Å². The van der Waals surface area contributed by atoms with Gasteiger partial charge in [-0.1, -0.05) is 0 Å². The van der Waals surface area contributed by atoms with Crippen LogP contribution in [-0.4, -0.2) is 26.9 Å². The third-order valence-corrected chi connectivity index (χ3v) is 1.89. The van der Waals surface area contributed by atoms with Gasteiger partial charge in [-0.25, -0.2) is 0 Å². The average Bonchev–Trinajstić information content (AvgIpc) is 1.59. The summed E-state index contributed by atoms with van der Waals surface area (Å²) in [7, 11) is -3.80. The minimum atomic E-state index is -3.80. The zero-order valence-electron chi connectivity index (χ0n) is 5.41. The van der Waals surface area contributed by atoms with Gasteiger partial charge in [0, 0.05) is 0 Å². The Morgan fingerprint density at radius 2 is 1.89 bits per heavy atom. The van der Waals surface area contributed by atoms with Crippen LogP contribution in [0.25, 0.3) is 0 Å². The molecule has 1 unspecified atom stereocenters. The quantitative estimate of drug-likeness (QED) is 0.402. The summed E-state index contributed by atoms with van der Waals surface area (Å²) in [6, 6.07) is -0.0803. The molecule has 0 radical (unpaired) electrons. The molecule has 0 bridgehead atoms. The van der Waals surface area contributed by atoms with Crippen molar-refractivity contribution in [3.8, 4) is 0 Å². The third kappa shape index (κ3) is 8.27. The van der Waals surface area contributed by atoms with E-state index in [1.807, 2.05) is 0 Å². The summed E-state index contributed by atoms with van der Waals surface area (Å²) in [6.45, 7) is 1.75. The van der Waals surface area contributed by atoms with Gasteiger partial charge in [0.25, 0.3) is 0 Å². The predicted octanol–water partition coefficient (Wildman–Crippen LogP) is -0.804. The Morgan fingerprint density at radius 1 is 1.44 bits per heavy atom. The molecule has 9 heavy (non-hydrogen) atoms. The molecule has 0 fully saturated rings. The Bertz CT molecular complexity index is 80.4. The molecule has 0 aliphatic heterocycles. The first-order valence-electron chi connectivity index (χ1n) is 2.84. The SMILES string of the molecule is CC(N)CC[PH](O)(O)O. The van der Waals surface area contributed by atoms with Crippen LogP contribution >= 0.6 is 7.94 Å². The Kier molecular flexibility index (Phi) is 3.54. The Balaban J connectivity index is 3.28. The van der Waals surface area contributed by atoms with E-state index in [9.17, 15) is 0 Å². The van der Waals surface area contributed by atoms with Crippen LogP contribution in [-0.2, 0) is 0 Å². The van der Waals surface area contributed by atoms with Gasteiger partial charge in [0.05, 0.1) is 0 Å². The molecular weight excluding hydrogens is 141 g/mol. The van der Waals surface area contributed by atoms with Crippen molar-refractivity contribution < 1.29 is 14.7 Å². The summed E-state index contributed by atoms with van der Waals surface area (Å²) < 4.78 is 0. The van der Waals surface area contributed by atoms with Crippen molar-refractivity contribution in [3.05, 3.63) is 0 Å². The van der Waals surface area contributed by atoms with Gasteiger partial charge < -0.3 is 0 Å². The van der Waals surface area contributed by atoms with Crippen molar-refractivity contribution in [1.82, 2.24) is 0 Å². The van der Waals surface area contributed by atoms with E-state index in [1.54, 1.807) is 6.92 Å². The van der Waals surface area contributed by atoms with E-state index in [2.05, 4.69) is 0 Å². The average molecular weight is 155 g/mol. The van der Waals surface area contributed by atoms with Crippen molar-refractivity contribution in [2.24, 2.45) is 5.73 Å². The molecule has 0 aliphatic rings. The second-order valence-electron chi connectivity index (χ2n) is 2.29. The Morgan fingerprint density at radius 3 is 2.00 bits per heavy atom. The standard InChI is InChI=1S/C4H14NO3P/c1-4(5)2-3-9(6,7)8/h4,6-9H,2-3,5H2,1H3. The monoisotopic (exact) mass is 155 g/mol. The first kappa shape index (κ1) is 9.27. The first-order chi connectivity index (χ1) is 3.92. The van der Waals surface area contributed by atoms with Gasteiger partial charge in [-0.05, 0) is 0 Å². The second kappa shape index (κ2) is 3.44. The molecule has 5 N–H and O–H groups in total. The van der Waals surface area contributed by atoms with Gasteiger partial charge in [-0.2, -0.15) is 0 Å². The van der Waals surface area contributed by atoms with Crippen LogP contribution in [0.5, 0.6) is 0 Å². The van der Waals surface area contributed by atoms with E-state index in [4.69, 9.17) is 20.4 Å². The molecule has 0 spiro atoms. The third-order valence-electron chi connectivity index (χ3n) is 0.935. The Labute approximate surface area is 54.9 Å². The summed E-state index contributed by atoms with van der Waals surface area (Å²) >= 11 is 0. The number of rotatable bonds is 3. The molecule has 1 atom stereocenters. The van der Waals surface area contributed by atoms with E-state index in [0.717, 1.165) is 0 Å². The van der Waals surface area contributed by atoms with Crippen LogP contribution < -0.4 is 5.73 Å². The fourth-order valence-electron chi connectivity index (χ4n) is 0.421. The van der Waals surface area contributed by atoms with Crippen LogP contribution in [0.2, 0.25) is 0 Å². The van der Waals surface area contributed by atoms with Gasteiger partial charge >= 0.3 is 53.9 Å². The molecule has 0 rings (SSSR count). The molecule has 0 saturated carbocycles. The topological polar surface area (TPSA) is 86.7 Å². The number of hydrogen-bond donors (Lipinski definition) is 4. The fourth-order valence-corrected chi connectivity index (χ4v) is 1.26. The van der Waals surface area contributed by atoms with Crippen molar-refractivity contribution in [1.29, 1.82) is 0 Å². The summed E-state index contributed by atoms with van der Waals surface area (Å²) in [6.07, 6.45) is 0.486. The van der Waals surface area contributed by atoms with Crippen molar-refractivity contribution in [3.63, 3.8) is 0 Å². The van der Waals surface area contributed by atoms with E-state index in [0.29, 0.717) is 6.42 Å². The number of hydrogen-bond acceptors (Lipinski definition) is 4. The van der Waals surface area contributed by atoms with Gasteiger partial charge in [-0.3, -0.25) is 0 Å². The first-order valence-corrected chi connectivity index (χ1v) is 4.89. The van der Waals surface area contributed by atoms with Crippen LogP contribution in [0, 0.1) is 0 Å². The van der Waals surface area contributed by atoms with E-state index in [1.165, 1.54) is 0 Å². The van der Waals surface area contributed by atoms with Gasteiger partial charge in [0.1, 0.15) is 0 Å². The zero-order chi connectivity index (χ0) is 7.49. The van der Waals surface area contributed by atoms with Gasteiger partial charge in [-0.15, -0.1) is 0 Å². The van der Waals surface area contributed by atoms with E-state index < -0.39 is 7.94 Å². The summed E-state index contributed by atoms with van der Waals surface area (Å²) in [4.78, 5) is 25.4. The van der Waals surface area contributed by atoms with Gasteiger partial charge in [0.15, 0.2) is 0 Å². The molecule has 0 aromatic heterocycles. The number of nitrogens with two attached hydrogens (primary N) is 1.